The molecule has 1 aliphatic rings. The van der Waals surface area contributed by atoms with E-state index in [1.54, 1.807) is 37.3 Å². The van der Waals surface area contributed by atoms with E-state index in [1.165, 1.54) is 4.31 Å². The SMILES string of the molecule is CCOC(=O)c1ccc(NC(=O)C2CCN(S(=O)(=O)Cc3ccc(Br)cc3)CC2)c(C)c1. The normalized spacial score (nSPS) is 15.3. The molecule has 1 saturated heterocycles. The van der Waals surface area contributed by atoms with Crippen LogP contribution in [0.4, 0.5) is 5.69 Å². The van der Waals surface area contributed by atoms with Crippen molar-refractivity contribution in [3.8, 4) is 0 Å². The summed E-state index contributed by atoms with van der Waals surface area (Å²) in [7, 11) is -3.44. The number of hydrogen-bond donors (Lipinski definition) is 1. The van der Waals surface area contributed by atoms with Gasteiger partial charge in [0.1, 0.15) is 0 Å². The minimum absolute atomic E-state index is 0.0524. The van der Waals surface area contributed by atoms with Gasteiger partial charge in [0.05, 0.1) is 17.9 Å². The van der Waals surface area contributed by atoms with Crippen LogP contribution in [-0.2, 0) is 25.3 Å². The van der Waals surface area contributed by atoms with E-state index in [-0.39, 0.29) is 17.6 Å². The fourth-order valence-electron chi connectivity index (χ4n) is 3.66. The first kappa shape index (κ1) is 24.4. The number of esters is 1. The molecule has 1 aliphatic heterocycles. The van der Waals surface area contributed by atoms with E-state index in [0.29, 0.717) is 43.8 Å². The Hall–Kier alpha value is -2.23. The molecule has 1 N–H and O–H groups in total. The summed E-state index contributed by atoms with van der Waals surface area (Å²) in [5, 5.41) is 2.91. The van der Waals surface area contributed by atoms with Crippen molar-refractivity contribution in [2.45, 2.75) is 32.4 Å². The molecule has 7 nitrogen and oxygen atoms in total. The summed E-state index contributed by atoms with van der Waals surface area (Å²) in [5.74, 6) is -0.853. The summed E-state index contributed by atoms with van der Waals surface area (Å²) in [6, 6.07) is 12.2. The molecule has 2 aromatic rings. The molecule has 0 spiro atoms. The van der Waals surface area contributed by atoms with Gasteiger partial charge in [-0.2, -0.15) is 0 Å². The molecular weight excluding hydrogens is 496 g/mol. The number of anilines is 1. The third-order valence-electron chi connectivity index (χ3n) is 5.48. The number of nitrogens with zero attached hydrogens (tertiary/aromatic N) is 1. The van der Waals surface area contributed by atoms with Crippen LogP contribution in [0.1, 0.15) is 41.3 Å². The zero-order valence-electron chi connectivity index (χ0n) is 18.1. The van der Waals surface area contributed by atoms with E-state index >= 15 is 0 Å². The molecule has 0 atom stereocenters. The lowest BCUT2D eigenvalue weighted by atomic mass is 9.97. The summed E-state index contributed by atoms with van der Waals surface area (Å²) in [6.07, 6.45) is 0.927. The number of aryl methyl sites for hydroxylation is 1. The summed E-state index contributed by atoms with van der Waals surface area (Å²) in [4.78, 5) is 24.6. The molecule has 0 saturated carbocycles. The Balaban J connectivity index is 1.56. The minimum atomic E-state index is -3.44. The van der Waals surface area contributed by atoms with E-state index in [0.717, 1.165) is 15.6 Å². The van der Waals surface area contributed by atoms with E-state index in [4.69, 9.17) is 4.74 Å². The van der Waals surface area contributed by atoms with E-state index < -0.39 is 16.0 Å². The average Bonchev–Trinajstić information content (AvgIpc) is 2.77. The second kappa shape index (κ2) is 10.6. The van der Waals surface area contributed by atoms with Gasteiger partial charge in [-0.3, -0.25) is 4.79 Å². The van der Waals surface area contributed by atoms with Gasteiger partial charge >= 0.3 is 5.97 Å². The topological polar surface area (TPSA) is 92.8 Å². The number of benzene rings is 2. The summed E-state index contributed by atoms with van der Waals surface area (Å²) in [5.41, 5.74) is 2.56. The highest BCUT2D eigenvalue weighted by atomic mass is 79.9. The van der Waals surface area contributed by atoms with Gasteiger partial charge in [0, 0.05) is 29.2 Å². The highest BCUT2D eigenvalue weighted by molar-refractivity contribution is 9.10. The number of carbonyl (C=O) groups excluding carboxylic acids is 2. The zero-order chi connectivity index (χ0) is 23.3. The molecule has 1 heterocycles. The fourth-order valence-corrected chi connectivity index (χ4v) is 5.49. The van der Waals surface area contributed by atoms with Crippen molar-refractivity contribution in [2.75, 3.05) is 25.0 Å². The van der Waals surface area contributed by atoms with Crippen molar-refractivity contribution in [1.82, 2.24) is 4.31 Å². The molecule has 1 fully saturated rings. The van der Waals surface area contributed by atoms with Crippen LogP contribution in [-0.4, -0.2) is 44.3 Å². The molecule has 0 radical (unpaired) electrons. The quantitative estimate of drug-likeness (QED) is 0.552. The van der Waals surface area contributed by atoms with Crippen molar-refractivity contribution in [3.63, 3.8) is 0 Å². The number of halogens is 1. The summed E-state index contributed by atoms with van der Waals surface area (Å²) in [6.45, 7) is 4.50. The Morgan fingerprint density at radius 3 is 2.38 bits per heavy atom. The Morgan fingerprint density at radius 2 is 1.78 bits per heavy atom. The van der Waals surface area contributed by atoms with Crippen LogP contribution in [0, 0.1) is 12.8 Å². The van der Waals surface area contributed by atoms with E-state index in [9.17, 15) is 18.0 Å². The molecule has 0 bridgehead atoms. The largest absolute Gasteiger partial charge is 0.462 e. The van der Waals surface area contributed by atoms with Crippen molar-refractivity contribution in [3.05, 3.63) is 63.6 Å². The third kappa shape index (κ3) is 6.17. The molecule has 9 heteroatoms. The lowest BCUT2D eigenvalue weighted by molar-refractivity contribution is -0.120. The zero-order valence-corrected chi connectivity index (χ0v) is 20.5. The summed E-state index contributed by atoms with van der Waals surface area (Å²) < 4.78 is 32.9. The molecule has 0 aliphatic carbocycles. The third-order valence-corrected chi connectivity index (χ3v) is 7.85. The number of amides is 1. The molecule has 2 aromatic carbocycles. The average molecular weight is 523 g/mol. The van der Waals surface area contributed by atoms with Gasteiger partial charge in [-0.05, 0) is 68.1 Å². The molecule has 3 rings (SSSR count). The van der Waals surface area contributed by atoms with Crippen LogP contribution in [0.2, 0.25) is 0 Å². The number of piperidine rings is 1. The number of carbonyl (C=O) groups is 2. The molecule has 1 amide bonds. The fraction of sp³-hybridized carbons (Fsp3) is 0.391. The van der Waals surface area contributed by atoms with Gasteiger partial charge in [-0.15, -0.1) is 0 Å². The predicted molar refractivity (Wildman–Crippen MR) is 127 cm³/mol. The van der Waals surface area contributed by atoms with Gasteiger partial charge in [-0.1, -0.05) is 28.1 Å². The monoisotopic (exact) mass is 522 g/mol. The molecular formula is C23H27BrN2O5S. The highest BCUT2D eigenvalue weighted by Gasteiger charge is 2.31. The summed E-state index contributed by atoms with van der Waals surface area (Å²) >= 11 is 3.35. The number of ether oxygens (including phenoxy) is 1. The predicted octanol–water partition coefficient (Wildman–Crippen LogP) is 4.11. The van der Waals surface area contributed by atoms with E-state index in [1.807, 2.05) is 19.1 Å². The van der Waals surface area contributed by atoms with Crippen LogP contribution in [0.5, 0.6) is 0 Å². The maximum atomic E-state index is 12.8. The van der Waals surface area contributed by atoms with Crippen LogP contribution in [0.3, 0.4) is 0 Å². The number of nitrogens with one attached hydrogen (secondary N) is 1. The van der Waals surface area contributed by atoms with Crippen LogP contribution in [0.25, 0.3) is 0 Å². The Morgan fingerprint density at radius 1 is 1.12 bits per heavy atom. The maximum Gasteiger partial charge on any atom is 0.338 e. The molecule has 0 unspecified atom stereocenters. The minimum Gasteiger partial charge on any atom is -0.462 e. The number of sulfonamides is 1. The second-order valence-electron chi connectivity index (χ2n) is 7.80. The van der Waals surface area contributed by atoms with Gasteiger partial charge in [0.2, 0.25) is 15.9 Å². The van der Waals surface area contributed by atoms with Gasteiger partial charge < -0.3 is 10.1 Å². The Labute approximate surface area is 197 Å². The van der Waals surface area contributed by atoms with Gasteiger partial charge in [0.25, 0.3) is 0 Å². The maximum absolute atomic E-state index is 12.8. The van der Waals surface area contributed by atoms with Crippen LogP contribution in [0.15, 0.2) is 46.9 Å². The lowest BCUT2D eigenvalue weighted by Crippen LogP contribution is -2.41. The van der Waals surface area contributed by atoms with Crippen molar-refractivity contribution in [2.24, 2.45) is 5.92 Å². The van der Waals surface area contributed by atoms with Crippen LogP contribution < -0.4 is 5.32 Å². The first-order valence-electron chi connectivity index (χ1n) is 10.5. The standard InChI is InChI=1S/C23H27BrN2O5S/c1-3-31-23(28)19-6-9-21(16(2)14-19)25-22(27)18-10-12-26(13-11-18)32(29,30)15-17-4-7-20(24)8-5-17/h4-9,14,18H,3,10-13,15H2,1-2H3,(H,25,27). The number of rotatable bonds is 7. The van der Waals surface area contributed by atoms with E-state index in [2.05, 4.69) is 21.2 Å². The highest BCUT2D eigenvalue weighted by Crippen LogP contribution is 2.25. The van der Waals surface area contributed by atoms with Crippen molar-refractivity contribution < 1.29 is 22.7 Å². The Bertz CT molecular complexity index is 1080. The lowest BCUT2D eigenvalue weighted by Gasteiger charge is -2.30. The first-order chi connectivity index (χ1) is 15.2. The van der Waals surface area contributed by atoms with Crippen molar-refractivity contribution >= 4 is 43.5 Å². The van der Waals surface area contributed by atoms with Gasteiger partial charge in [-0.25, -0.2) is 17.5 Å². The van der Waals surface area contributed by atoms with Gasteiger partial charge in [0.15, 0.2) is 0 Å². The second-order valence-corrected chi connectivity index (χ2v) is 10.7. The van der Waals surface area contributed by atoms with Crippen LogP contribution >= 0.6 is 15.9 Å². The molecule has 32 heavy (non-hydrogen) atoms. The first-order valence-corrected chi connectivity index (χ1v) is 12.9. The Kier molecular flexibility index (Phi) is 8.08. The molecule has 172 valence electrons. The number of hydrogen-bond acceptors (Lipinski definition) is 5. The molecule has 0 aromatic heterocycles. The smallest absolute Gasteiger partial charge is 0.338 e. The van der Waals surface area contributed by atoms with Crippen molar-refractivity contribution in [1.29, 1.82) is 0 Å².